The molecule has 0 amide bonds. The first-order valence-corrected chi connectivity index (χ1v) is 5.97. The molecule has 4 nitrogen and oxygen atoms in total. The van der Waals surface area contributed by atoms with Crippen LogP contribution in [0.1, 0.15) is 18.3 Å². The zero-order valence-electron chi connectivity index (χ0n) is 10.3. The van der Waals surface area contributed by atoms with Gasteiger partial charge in [-0.3, -0.25) is 9.78 Å². The van der Waals surface area contributed by atoms with E-state index in [4.69, 9.17) is 0 Å². The average Bonchev–Trinajstić information content (AvgIpc) is 2.37. The summed E-state index contributed by atoms with van der Waals surface area (Å²) in [5.41, 5.74) is 3.28. The Hall–Kier alpha value is -2.23. The topological polar surface area (TPSA) is 47.3 Å². The number of aromatic nitrogens is 3. The second kappa shape index (κ2) is 3.91. The molecule has 3 aromatic heterocycles. The molecule has 0 aliphatic carbocycles. The molecule has 18 heavy (non-hydrogen) atoms. The van der Waals surface area contributed by atoms with Crippen molar-refractivity contribution >= 4 is 16.6 Å². The average molecular weight is 239 g/mol. The maximum Gasteiger partial charge on any atom is 0.273 e. The van der Waals surface area contributed by atoms with Gasteiger partial charge in [0.15, 0.2) is 5.65 Å². The van der Waals surface area contributed by atoms with Crippen molar-refractivity contribution in [2.75, 3.05) is 0 Å². The molecule has 0 fully saturated rings. The third kappa shape index (κ3) is 1.57. The van der Waals surface area contributed by atoms with E-state index in [9.17, 15) is 4.79 Å². The van der Waals surface area contributed by atoms with Crippen LogP contribution < -0.4 is 5.56 Å². The summed E-state index contributed by atoms with van der Waals surface area (Å²) in [5.74, 6) is 0. The van der Waals surface area contributed by atoms with Crippen LogP contribution in [0.2, 0.25) is 0 Å². The second-order valence-corrected chi connectivity index (χ2v) is 4.33. The first kappa shape index (κ1) is 10.9. The molecule has 0 N–H and O–H groups in total. The number of rotatable bonds is 1. The summed E-state index contributed by atoms with van der Waals surface area (Å²) in [6, 6.07) is 7.45. The lowest BCUT2D eigenvalue weighted by atomic mass is 10.2. The minimum atomic E-state index is -0.195. The summed E-state index contributed by atoms with van der Waals surface area (Å²) in [6.45, 7) is 3.98. The van der Waals surface area contributed by atoms with Crippen LogP contribution >= 0.6 is 0 Å². The predicted octanol–water partition coefficient (Wildman–Crippen LogP) is 2.11. The van der Waals surface area contributed by atoms with E-state index < -0.39 is 0 Å². The Balaban J connectivity index is 2.54. The summed E-state index contributed by atoms with van der Waals surface area (Å²) >= 11 is 0. The van der Waals surface area contributed by atoms with Gasteiger partial charge in [0.05, 0.1) is 5.52 Å². The van der Waals surface area contributed by atoms with Gasteiger partial charge in [0.25, 0.3) is 5.56 Å². The van der Waals surface area contributed by atoms with Gasteiger partial charge in [0.2, 0.25) is 0 Å². The molecule has 4 heteroatoms. The Morgan fingerprint density at radius 2 is 2.06 bits per heavy atom. The van der Waals surface area contributed by atoms with Crippen molar-refractivity contribution < 1.29 is 0 Å². The number of pyridine rings is 2. The number of hydrogen-bond acceptors (Lipinski definition) is 3. The van der Waals surface area contributed by atoms with Crippen LogP contribution in [0.4, 0.5) is 0 Å². The highest BCUT2D eigenvalue weighted by atomic mass is 16.1. The normalized spacial score (nSPS) is 11.2. The van der Waals surface area contributed by atoms with Gasteiger partial charge < -0.3 is 4.40 Å². The Kier molecular flexibility index (Phi) is 2.37. The standard InChI is InChI=1S/C14H13N3O/c1-3-10-8-13(18)16-14-11-5-4-9(2)15-12(11)6-7-17(10)14/h4-8H,3H2,1-2H3. The van der Waals surface area contributed by atoms with E-state index in [1.165, 1.54) is 0 Å². The number of fused-ring (bicyclic) bond motifs is 3. The monoisotopic (exact) mass is 239 g/mol. The molecule has 3 heterocycles. The Bertz CT molecular complexity index is 805. The SMILES string of the molecule is CCc1cc(=O)nc2c3ccc(C)nc3ccn12. The molecule has 0 spiro atoms. The first-order chi connectivity index (χ1) is 8.69. The Morgan fingerprint density at radius 3 is 2.83 bits per heavy atom. The summed E-state index contributed by atoms with van der Waals surface area (Å²) in [6.07, 6.45) is 2.72. The smallest absolute Gasteiger partial charge is 0.273 e. The lowest BCUT2D eigenvalue weighted by molar-refractivity contribution is 0.940. The predicted molar refractivity (Wildman–Crippen MR) is 70.9 cm³/mol. The van der Waals surface area contributed by atoms with Crippen molar-refractivity contribution in [1.29, 1.82) is 0 Å². The quantitative estimate of drug-likeness (QED) is 0.611. The zero-order valence-corrected chi connectivity index (χ0v) is 10.3. The van der Waals surface area contributed by atoms with Gasteiger partial charge in [0, 0.05) is 29.0 Å². The maximum atomic E-state index is 11.6. The van der Waals surface area contributed by atoms with Crippen molar-refractivity contribution in [3.8, 4) is 0 Å². The van der Waals surface area contributed by atoms with Crippen LogP contribution in [-0.4, -0.2) is 14.4 Å². The summed E-state index contributed by atoms with van der Waals surface area (Å²) in [7, 11) is 0. The fourth-order valence-electron chi connectivity index (χ4n) is 2.21. The maximum absolute atomic E-state index is 11.6. The molecule has 90 valence electrons. The van der Waals surface area contributed by atoms with Gasteiger partial charge in [-0.05, 0) is 31.5 Å². The molecule has 0 bridgehead atoms. The van der Waals surface area contributed by atoms with E-state index in [2.05, 4.69) is 9.97 Å². The van der Waals surface area contributed by atoms with Crippen LogP contribution in [0.25, 0.3) is 16.6 Å². The molecular weight excluding hydrogens is 226 g/mol. The van der Waals surface area contributed by atoms with Gasteiger partial charge in [-0.2, -0.15) is 4.98 Å². The van der Waals surface area contributed by atoms with E-state index >= 15 is 0 Å². The second-order valence-electron chi connectivity index (χ2n) is 4.33. The molecular formula is C14H13N3O. The Morgan fingerprint density at radius 1 is 1.22 bits per heavy atom. The van der Waals surface area contributed by atoms with Crippen LogP contribution in [0.5, 0.6) is 0 Å². The van der Waals surface area contributed by atoms with Crippen molar-refractivity contribution in [2.24, 2.45) is 0 Å². The Labute approximate surface area is 104 Å². The minimum absolute atomic E-state index is 0.195. The summed E-state index contributed by atoms with van der Waals surface area (Å²) in [4.78, 5) is 20.2. The number of hydrogen-bond donors (Lipinski definition) is 0. The van der Waals surface area contributed by atoms with E-state index in [0.717, 1.165) is 28.7 Å². The lowest BCUT2D eigenvalue weighted by Gasteiger charge is -2.08. The van der Waals surface area contributed by atoms with Gasteiger partial charge in [-0.25, -0.2) is 0 Å². The molecule has 0 saturated carbocycles. The van der Waals surface area contributed by atoms with Gasteiger partial charge in [0.1, 0.15) is 0 Å². The van der Waals surface area contributed by atoms with Crippen molar-refractivity contribution in [3.05, 3.63) is 52.2 Å². The first-order valence-electron chi connectivity index (χ1n) is 5.97. The van der Waals surface area contributed by atoms with Crippen LogP contribution in [0.3, 0.4) is 0 Å². The van der Waals surface area contributed by atoms with Crippen LogP contribution in [-0.2, 0) is 6.42 Å². The molecule has 0 aliphatic heterocycles. The van der Waals surface area contributed by atoms with Gasteiger partial charge >= 0.3 is 0 Å². The van der Waals surface area contributed by atoms with E-state index in [-0.39, 0.29) is 5.56 Å². The highest BCUT2D eigenvalue weighted by Crippen LogP contribution is 2.17. The highest BCUT2D eigenvalue weighted by Gasteiger charge is 2.06. The van der Waals surface area contributed by atoms with Gasteiger partial charge in [-0.1, -0.05) is 6.92 Å². The fourth-order valence-corrected chi connectivity index (χ4v) is 2.21. The lowest BCUT2D eigenvalue weighted by Crippen LogP contribution is -2.12. The third-order valence-electron chi connectivity index (χ3n) is 3.09. The third-order valence-corrected chi connectivity index (χ3v) is 3.09. The minimum Gasteiger partial charge on any atom is -0.305 e. The van der Waals surface area contributed by atoms with Crippen LogP contribution in [0.15, 0.2) is 35.3 Å². The van der Waals surface area contributed by atoms with Crippen molar-refractivity contribution in [2.45, 2.75) is 20.3 Å². The fraction of sp³-hybridized carbons (Fsp3) is 0.214. The summed E-state index contributed by atoms with van der Waals surface area (Å²) < 4.78 is 1.96. The summed E-state index contributed by atoms with van der Waals surface area (Å²) in [5, 5.41) is 0.913. The van der Waals surface area contributed by atoms with Gasteiger partial charge in [-0.15, -0.1) is 0 Å². The van der Waals surface area contributed by atoms with Crippen LogP contribution in [0, 0.1) is 6.92 Å². The van der Waals surface area contributed by atoms with E-state index in [0.29, 0.717) is 5.65 Å². The molecule has 0 saturated heterocycles. The highest BCUT2D eigenvalue weighted by molar-refractivity contribution is 5.91. The molecule has 3 rings (SSSR count). The molecule has 3 aromatic rings. The molecule has 0 atom stereocenters. The zero-order chi connectivity index (χ0) is 12.7. The molecule has 0 aromatic carbocycles. The van der Waals surface area contributed by atoms with E-state index in [1.807, 2.05) is 42.6 Å². The van der Waals surface area contributed by atoms with E-state index in [1.54, 1.807) is 6.07 Å². The van der Waals surface area contributed by atoms with Crippen molar-refractivity contribution in [1.82, 2.24) is 14.4 Å². The molecule has 0 aliphatic rings. The van der Waals surface area contributed by atoms with Crippen molar-refractivity contribution in [3.63, 3.8) is 0 Å². The number of nitrogens with zero attached hydrogens (tertiary/aromatic N) is 3. The number of aryl methyl sites for hydroxylation is 2. The largest absolute Gasteiger partial charge is 0.305 e. The molecule has 0 radical (unpaired) electrons. The molecule has 0 unspecified atom stereocenters.